The maximum absolute atomic E-state index is 11.7. The summed E-state index contributed by atoms with van der Waals surface area (Å²) in [5.41, 5.74) is 1.37. The van der Waals surface area contributed by atoms with Crippen molar-refractivity contribution in [1.29, 1.82) is 0 Å². The number of carbonyl (C=O) groups is 1. The zero-order valence-electron chi connectivity index (χ0n) is 12.2. The SMILES string of the molecule is CCS(=O)(=O)NCc1ccc(C(=O)NCCNC)cc1.Cl. The minimum absolute atomic E-state index is 0. The van der Waals surface area contributed by atoms with E-state index in [-0.39, 0.29) is 30.6 Å². The number of likely N-dealkylation sites (N-methyl/N-ethyl adjacent to an activating group) is 1. The zero-order chi connectivity index (χ0) is 15.0. The van der Waals surface area contributed by atoms with E-state index in [0.717, 1.165) is 5.56 Å². The van der Waals surface area contributed by atoms with Crippen LogP contribution in [0.5, 0.6) is 0 Å². The molecular formula is C13H22ClN3O3S. The van der Waals surface area contributed by atoms with Gasteiger partial charge in [0.2, 0.25) is 10.0 Å². The van der Waals surface area contributed by atoms with Crippen molar-refractivity contribution >= 4 is 28.3 Å². The number of carbonyl (C=O) groups excluding carboxylic acids is 1. The lowest BCUT2D eigenvalue weighted by atomic mass is 10.1. The summed E-state index contributed by atoms with van der Waals surface area (Å²) in [4.78, 5) is 11.7. The van der Waals surface area contributed by atoms with E-state index in [1.54, 1.807) is 31.2 Å². The first-order chi connectivity index (χ1) is 9.48. The average Bonchev–Trinajstić information content (AvgIpc) is 2.46. The molecule has 0 spiro atoms. The van der Waals surface area contributed by atoms with Gasteiger partial charge in [0.05, 0.1) is 5.75 Å². The first-order valence-electron chi connectivity index (χ1n) is 6.47. The quantitative estimate of drug-likeness (QED) is 0.604. The van der Waals surface area contributed by atoms with Gasteiger partial charge >= 0.3 is 0 Å². The van der Waals surface area contributed by atoms with E-state index in [1.807, 2.05) is 7.05 Å². The van der Waals surface area contributed by atoms with Crippen molar-refractivity contribution in [3.63, 3.8) is 0 Å². The monoisotopic (exact) mass is 335 g/mol. The molecule has 0 aromatic heterocycles. The van der Waals surface area contributed by atoms with Gasteiger partial charge in [0, 0.05) is 25.2 Å². The smallest absolute Gasteiger partial charge is 0.251 e. The summed E-state index contributed by atoms with van der Waals surface area (Å²) in [6.45, 7) is 3.09. The number of rotatable bonds is 8. The minimum Gasteiger partial charge on any atom is -0.351 e. The minimum atomic E-state index is -3.20. The fourth-order valence-electron chi connectivity index (χ4n) is 1.47. The Kier molecular flexibility index (Phi) is 9.19. The van der Waals surface area contributed by atoms with Gasteiger partial charge in [0.25, 0.3) is 5.91 Å². The van der Waals surface area contributed by atoms with Crippen LogP contribution in [-0.2, 0) is 16.6 Å². The highest BCUT2D eigenvalue weighted by molar-refractivity contribution is 7.89. The number of nitrogens with one attached hydrogen (secondary N) is 3. The molecule has 0 aliphatic heterocycles. The zero-order valence-corrected chi connectivity index (χ0v) is 13.8. The molecule has 6 nitrogen and oxygen atoms in total. The third-order valence-electron chi connectivity index (χ3n) is 2.75. The van der Waals surface area contributed by atoms with Crippen molar-refractivity contribution in [2.45, 2.75) is 13.5 Å². The molecule has 0 aliphatic carbocycles. The fourth-order valence-corrected chi connectivity index (χ4v) is 2.06. The Morgan fingerprint density at radius 1 is 1.14 bits per heavy atom. The fraction of sp³-hybridized carbons (Fsp3) is 0.462. The standard InChI is InChI=1S/C13H21N3O3S.ClH/c1-3-20(18,19)16-10-11-4-6-12(7-5-11)13(17)15-9-8-14-2;/h4-7,14,16H,3,8-10H2,1-2H3,(H,15,17);1H. The Morgan fingerprint density at radius 2 is 1.76 bits per heavy atom. The Hall–Kier alpha value is -1.15. The van der Waals surface area contributed by atoms with Crippen LogP contribution in [0.15, 0.2) is 24.3 Å². The topological polar surface area (TPSA) is 87.3 Å². The van der Waals surface area contributed by atoms with E-state index in [0.29, 0.717) is 18.7 Å². The Labute approximate surface area is 132 Å². The van der Waals surface area contributed by atoms with Crippen LogP contribution in [0.1, 0.15) is 22.8 Å². The van der Waals surface area contributed by atoms with Gasteiger partial charge in [-0.05, 0) is 31.7 Å². The van der Waals surface area contributed by atoms with Crippen LogP contribution in [0.3, 0.4) is 0 Å². The summed E-state index contributed by atoms with van der Waals surface area (Å²) in [5.74, 6) is -0.0835. The molecule has 1 aromatic rings. The van der Waals surface area contributed by atoms with Crippen LogP contribution >= 0.6 is 12.4 Å². The van der Waals surface area contributed by atoms with Crippen LogP contribution in [0.2, 0.25) is 0 Å². The van der Waals surface area contributed by atoms with E-state index in [9.17, 15) is 13.2 Å². The van der Waals surface area contributed by atoms with E-state index in [1.165, 1.54) is 0 Å². The molecule has 0 fully saturated rings. The highest BCUT2D eigenvalue weighted by Crippen LogP contribution is 2.05. The summed E-state index contributed by atoms with van der Waals surface area (Å²) < 4.78 is 25.1. The molecule has 0 saturated heterocycles. The summed E-state index contributed by atoms with van der Waals surface area (Å²) in [7, 11) is -1.38. The molecule has 3 N–H and O–H groups in total. The van der Waals surface area contributed by atoms with Crippen LogP contribution in [0, 0.1) is 0 Å². The second-order valence-corrected chi connectivity index (χ2v) is 6.38. The summed E-state index contributed by atoms with van der Waals surface area (Å²) in [6.07, 6.45) is 0. The third-order valence-corrected chi connectivity index (χ3v) is 4.10. The van der Waals surface area contributed by atoms with Crippen LogP contribution in [0.4, 0.5) is 0 Å². The van der Waals surface area contributed by atoms with Gasteiger partial charge in [-0.1, -0.05) is 12.1 Å². The molecule has 0 atom stereocenters. The van der Waals surface area contributed by atoms with E-state index in [4.69, 9.17) is 0 Å². The molecule has 21 heavy (non-hydrogen) atoms. The maximum atomic E-state index is 11.7. The Morgan fingerprint density at radius 3 is 2.29 bits per heavy atom. The first kappa shape index (κ1) is 19.9. The van der Waals surface area contributed by atoms with Crippen molar-refractivity contribution < 1.29 is 13.2 Å². The lowest BCUT2D eigenvalue weighted by Gasteiger charge is -2.07. The highest BCUT2D eigenvalue weighted by atomic mass is 35.5. The van der Waals surface area contributed by atoms with Gasteiger partial charge in [0.1, 0.15) is 0 Å². The van der Waals surface area contributed by atoms with Gasteiger partial charge in [-0.15, -0.1) is 12.4 Å². The third kappa shape index (κ3) is 7.42. The number of sulfonamides is 1. The largest absolute Gasteiger partial charge is 0.351 e. The van der Waals surface area contributed by atoms with Crippen LogP contribution in [-0.4, -0.2) is 40.2 Å². The van der Waals surface area contributed by atoms with E-state index in [2.05, 4.69) is 15.4 Å². The van der Waals surface area contributed by atoms with Crippen molar-refractivity contribution in [1.82, 2.24) is 15.4 Å². The lowest BCUT2D eigenvalue weighted by molar-refractivity contribution is 0.0954. The molecular weight excluding hydrogens is 314 g/mol. The molecule has 0 saturated carbocycles. The Balaban J connectivity index is 0.00000400. The second kappa shape index (κ2) is 9.73. The average molecular weight is 336 g/mol. The van der Waals surface area contributed by atoms with Gasteiger partial charge in [-0.2, -0.15) is 0 Å². The van der Waals surface area contributed by atoms with Gasteiger partial charge in [0.15, 0.2) is 0 Å². The predicted molar refractivity (Wildman–Crippen MR) is 86.3 cm³/mol. The van der Waals surface area contributed by atoms with E-state index >= 15 is 0 Å². The molecule has 0 radical (unpaired) electrons. The summed E-state index contributed by atoms with van der Waals surface area (Å²) in [5, 5.41) is 5.71. The van der Waals surface area contributed by atoms with Gasteiger partial charge in [-0.3, -0.25) is 4.79 Å². The first-order valence-corrected chi connectivity index (χ1v) is 8.13. The number of hydrogen-bond acceptors (Lipinski definition) is 4. The van der Waals surface area contributed by atoms with Crippen molar-refractivity contribution in [2.24, 2.45) is 0 Å². The molecule has 8 heteroatoms. The molecule has 120 valence electrons. The number of hydrogen-bond donors (Lipinski definition) is 3. The van der Waals surface area contributed by atoms with Crippen molar-refractivity contribution in [2.75, 3.05) is 25.9 Å². The Bertz CT molecular complexity index is 532. The normalized spacial score (nSPS) is 10.8. The predicted octanol–water partition coefficient (Wildman–Crippen LogP) is 0.497. The van der Waals surface area contributed by atoms with E-state index < -0.39 is 10.0 Å². The van der Waals surface area contributed by atoms with Crippen molar-refractivity contribution in [3.8, 4) is 0 Å². The maximum Gasteiger partial charge on any atom is 0.251 e. The highest BCUT2D eigenvalue weighted by Gasteiger charge is 2.07. The summed E-state index contributed by atoms with van der Waals surface area (Å²) in [6, 6.07) is 6.85. The lowest BCUT2D eigenvalue weighted by Crippen LogP contribution is -2.30. The molecule has 1 amide bonds. The molecule has 1 rings (SSSR count). The van der Waals surface area contributed by atoms with Gasteiger partial charge in [-0.25, -0.2) is 13.1 Å². The number of halogens is 1. The molecule has 1 aromatic carbocycles. The van der Waals surface area contributed by atoms with Crippen molar-refractivity contribution in [3.05, 3.63) is 35.4 Å². The molecule has 0 aliphatic rings. The molecule has 0 heterocycles. The van der Waals surface area contributed by atoms with Gasteiger partial charge < -0.3 is 10.6 Å². The summed E-state index contributed by atoms with van der Waals surface area (Å²) >= 11 is 0. The number of amides is 1. The van der Waals surface area contributed by atoms with Crippen LogP contribution in [0.25, 0.3) is 0 Å². The van der Waals surface area contributed by atoms with Crippen LogP contribution < -0.4 is 15.4 Å². The molecule has 0 bridgehead atoms. The molecule has 0 unspecified atom stereocenters. The number of benzene rings is 1. The second-order valence-electron chi connectivity index (χ2n) is 4.28.